The molecule has 3 nitrogen and oxygen atoms in total. The molecule has 0 bridgehead atoms. The van der Waals surface area contributed by atoms with Gasteiger partial charge in [-0.1, -0.05) is 0 Å². The SMILES string of the molecule is COc1ccc(N)cc1C(C)N1CCCC1. The van der Waals surface area contributed by atoms with Crippen LogP contribution >= 0.6 is 0 Å². The van der Waals surface area contributed by atoms with E-state index in [1.165, 1.54) is 31.5 Å². The Bertz CT molecular complexity index is 359. The number of likely N-dealkylation sites (tertiary alicyclic amines) is 1. The second kappa shape index (κ2) is 4.74. The Balaban J connectivity index is 2.26. The number of nitrogen functional groups attached to an aromatic ring is 1. The van der Waals surface area contributed by atoms with E-state index in [-0.39, 0.29) is 0 Å². The summed E-state index contributed by atoms with van der Waals surface area (Å²) in [6, 6.07) is 6.26. The highest BCUT2D eigenvalue weighted by Gasteiger charge is 2.21. The van der Waals surface area contributed by atoms with Gasteiger partial charge in [0.1, 0.15) is 5.75 Å². The third-order valence-corrected chi connectivity index (χ3v) is 3.39. The van der Waals surface area contributed by atoms with E-state index < -0.39 is 0 Å². The summed E-state index contributed by atoms with van der Waals surface area (Å²) >= 11 is 0. The van der Waals surface area contributed by atoms with Gasteiger partial charge in [0.2, 0.25) is 0 Å². The van der Waals surface area contributed by atoms with Gasteiger partial charge in [-0.05, 0) is 51.1 Å². The molecule has 0 spiro atoms. The molecule has 0 amide bonds. The van der Waals surface area contributed by atoms with Crippen molar-refractivity contribution >= 4 is 5.69 Å². The molecule has 1 saturated heterocycles. The smallest absolute Gasteiger partial charge is 0.123 e. The zero-order chi connectivity index (χ0) is 11.5. The molecule has 1 aromatic rings. The molecule has 1 fully saturated rings. The van der Waals surface area contributed by atoms with Gasteiger partial charge in [-0.25, -0.2) is 0 Å². The van der Waals surface area contributed by atoms with Gasteiger partial charge in [0.25, 0.3) is 0 Å². The van der Waals surface area contributed by atoms with Gasteiger partial charge in [0, 0.05) is 17.3 Å². The highest BCUT2D eigenvalue weighted by Crippen LogP contribution is 2.32. The molecule has 0 aromatic heterocycles. The number of methoxy groups -OCH3 is 1. The predicted molar refractivity (Wildman–Crippen MR) is 66.6 cm³/mol. The number of ether oxygens (including phenoxy) is 1. The molecule has 16 heavy (non-hydrogen) atoms. The second-order valence-corrected chi connectivity index (χ2v) is 4.42. The van der Waals surface area contributed by atoms with Crippen LogP contribution in [0, 0.1) is 0 Å². The van der Waals surface area contributed by atoms with Crippen molar-refractivity contribution in [3.05, 3.63) is 23.8 Å². The van der Waals surface area contributed by atoms with Crippen LogP contribution in [0.1, 0.15) is 31.4 Å². The van der Waals surface area contributed by atoms with Crippen LogP contribution in [0.25, 0.3) is 0 Å². The van der Waals surface area contributed by atoms with E-state index in [4.69, 9.17) is 10.5 Å². The number of hydrogen-bond acceptors (Lipinski definition) is 3. The van der Waals surface area contributed by atoms with E-state index in [1.807, 2.05) is 18.2 Å². The van der Waals surface area contributed by atoms with Crippen molar-refractivity contribution in [3.63, 3.8) is 0 Å². The molecule has 0 saturated carbocycles. The van der Waals surface area contributed by atoms with Crippen LogP contribution in [0.5, 0.6) is 5.75 Å². The number of rotatable bonds is 3. The van der Waals surface area contributed by atoms with Gasteiger partial charge in [0.15, 0.2) is 0 Å². The maximum Gasteiger partial charge on any atom is 0.123 e. The first-order valence-electron chi connectivity index (χ1n) is 5.90. The normalized spacial score (nSPS) is 18.6. The summed E-state index contributed by atoms with van der Waals surface area (Å²) in [6.07, 6.45) is 2.60. The summed E-state index contributed by atoms with van der Waals surface area (Å²) in [5.41, 5.74) is 7.85. The molecule has 0 aliphatic carbocycles. The Labute approximate surface area is 97.2 Å². The Morgan fingerprint density at radius 3 is 2.62 bits per heavy atom. The zero-order valence-electron chi connectivity index (χ0n) is 10.1. The van der Waals surface area contributed by atoms with E-state index in [9.17, 15) is 0 Å². The number of nitrogens with zero attached hydrogens (tertiary/aromatic N) is 1. The molecule has 3 heteroatoms. The van der Waals surface area contributed by atoms with Crippen molar-refractivity contribution in [2.24, 2.45) is 0 Å². The lowest BCUT2D eigenvalue weighted by Gasteiger charge is -2.25. The first-order chi connectivity index (χ1) is 7.72. The summed E-state index contributed by atoms with van der Waals surface area (Å²) in [6.45, 7) is 4.58. The summed E-state index contributed by atoms with van der Waals surface area (Å²) in [4.78, 5) is 2.48. The first kappa shape index (κ1) is 11.3. The van der Waals surface area contributed by atoms with Crippen LogP contribution in [0.15, 0.2) is 18.2 Å². The number of hydrogen-bond donors (Lipinski definition) is 1. The Kier molecular flexibility index (Phi) is 3.34. The van der Waals surface area contributed by atoms with E-state index >= 15 is 0 Å². The van der Waals surface area contributed by atoms with Crippen molar-refractivity contribution < 1.29 is 4.74 Å². The average molecular weight is 220 g/mol. The van der Waals surface area contributed by atoms with Gasteiger partial charge in [-0.15, -0.1) is 0 Å². The molecule has 1 aliphatic heterocycles. The number of anilines is 1. The first-order valence-corrected chi connectivity index (χ1v) is 5.90. The van der Waals surface area contributed by atoms with Gasteiger partial charge >= 0.3 is 0 Å². The fourth-order valence-corrected chi connectivity index (χ4v) is 2.40. The Morgan fingerprint density at radius 2 is 2.00 bits per heavy atom. The molecule has 1 unspecified atom stereocenters. The highest BCUT2D eigenvalue weighted by atomic mass is 16.5. The minimum Gasteiger partial charge on any atom is -0.496 e. The second-order valence-electron chi connectivity index (χ2n) is 4.42. The molecule has 2 rings (SSSR count). The van der Waals surface area contributed by atoms with Crippen LogP contribution in [-0.4, -0.2) is 25.1 Å². The van der Waals surface area contributed by atoms with Crippen LogP contribution in [-0.2, 0) is 0 Å². The van der Waals surface area contributed by atoms with Crippen LogP contribution in [0.2, 0.25) is 0 Å². The van der Waals surface area contributed by atoms with E-state index in [2.05, 4.69) is 11.8 Å². The van der Waals surface area contributed by atoms with Crippen LogP contribution < -0.4 is 10.5 Å². The maximum atomic E-state index is 5.84. The average Bonchev–Trinajstić information content (AvgIpc) is 2.81. The Morgan fingerprint density at radius 1 is 1.31 bits per heavy atom. The van der Waals surface area contributed by atoms with Gasteiger partial charge in [0.05, 0.1) is 7.11 Å². The van der Waals surface area contributed by atoms with Crippen molar-refractivity contribution in [2.45, 2.75) is 25.8 Å². The third-order valence-electron chi connectivity index (χ3n) is 3.39. The predicted octanol–water partition coefficient (Wildman–Crippen LogP) is 2.43. The maximum absolute atomic E-state index is 5.84. The molecular formula is C13H20N2O. The molecule has 1 aliphatic rings. The highest BCUT2D eigenvalue weighted by molar-refractivity contribution is 5.49. The van der Waals surface area contributed by atoms with Gasteiger partial charge < -0.3 is 10.5 Å². The van der Waals surface area contributed by atoms with E-state index in [1.54, 1.807) is 7.11 Å². The Hall–Kier alpha value is -1.22. The number of benzene rings is 1. The molecular weight excluding hydrogens is 200 g/mol. The lowest BCUT2D eigenvalue weighted by molar-refractivity contribution is 0.256. The molecule has 2 N–H and O–H groups in total. The minimum atomic E-state index is 0.390. The van der Waals surface area contributed by atoms with E-state index in [0.29, 0.717) is 6.04 Å². The molecule has 1 atom stereocenters. The monoisotopic (exact) mass is 220 g/mol. The van der Waals surface area contributed by atoms with Crippen molar-refractivity contribution in [3.8, 4) is 5.75 Å². The zero-order valence-corrected chi connectivity index (χ0v) is 10.1. The quantitative estimate of drug-likeness (QED) is 0.795. The van der Waals surface area contributed by atoms with Crippen LogP contribution in [0.4, 0.5) is 5.69 Å². The number of nitrogens with two attached hydrogens (primary N) is 1. The molecule has 0 radical (unpaired) electrons. The summed E-state index contributed by atoms with van der Waals surface area (Å²) < 4.78 is 5.40. The van der Waals surface area contributed by atoms with Crippen molar-refractivity contribution in [1.82, 2.24) is 4.90 Å². The topological polar surface area (TPSA) is 38.5 Å². The minimum absolute atomic E-state index is 0.390. The standard InChI is InChI=1S/C13H20N2O/c1-10(15-7-3-4-8-15)12-9-11(14)5-6-13(12)16-2/h5-6,9-10H,3-4,7-8,14H2,1-2H3. The van der Waals surface area contributed by atoms with Crippen molar-refractivity contribution in [1.29, 1.82) is 0 Å². The van der Waals surface area contributed by atoms with Gasteiger partial charge in [-0.2, -0.15) is 0 Å². The summed E-state index contributed by atoms with van der Waals surface area (Å²) in [5.74, 6) is 0.939. The van der Waals surface area contributed by atoms with E-state index in [0.717, 1.165) is 11.4 Å². The lowest BCUT2D eigenvalue weighted by Crippen LogP contribution is -2.23. The molecule has 1 heterocycles. The van der Waals surface area contributed by atoms with Gasteiger partial charge in [-0.3, -0.25) is 4.90 Å². The fourth-order valence-electron chi connectivity index (χ4n) is 2.40. The largest absolute Gasteiger partial charge is 0.496 e. The lowest BCUT2D eigenvalue weighted by atomic mass is 10.1. The summed E-state index contributed by atoms with van der Waals surface area (Å²) in [5, 5.41) is 0. The van der Waals surface area contributed by atoms with Crippen LogP contribution in [0.3, 0.4) is 0 Å². The molecule has 88 valence electrons. The fraction of sp³-hybridized carbons (Fsp3) is 0.538. The summed E-state index contributed by atoms with van der Waals surface area (Å²) in [7, 11) is 1.71. The van der Waals surface area contributed by atoms with Crippen molar-refractivity contribution in [2.75, 3.05) is 25.9 Å². The third kappa shape index (κ3) is 2.14. The molecule has 1 aromatic carbocycles.